The van der Waals surface area contributed by atoms with Crippen molar-refractivity contribution >= 4 is 15.9 Å². The molecule has 1 heteroatoms. The van der Waals surface area contributed by atoms with Gasteiger partial charge >= 0.3 is 0 Å². The van der Waals surface area contributed by atoms with E-state index in [1.807, 2.05) is 37.3 Å². The Morgan fingerprint density at radius 2 is 2.10 bits per heavy atom. The summed E-state index contributed by atoms with van der Waals surface area (Å²) in [7, 11) is 0. The molecule has 0 aliphatic rings. The van der Waals surface area contributed by atoms with Crippen molar-refractivity contribution in [3.05, 3.63) is 47.5 Å². The molecule has 0 aromatic heterocycles. The Balaban J connectivity index is 3.88. The fourth-order valence-electron chi connectivity index (χ4n) is 0.427. The van der Waals surface area contributed by atoms with Gasteiger partial charge in [-0.25, -0.2) is 0 Å². The number of halogens is 1. The first-order valence-corrected chi connectivity index (χ1v) is 3.88. The molecule has 0 bridgehead atoms. The third-order valence-electron chi connectivity index (χ3n) is 0.836. The fraction of sp³-hybridized carbons (Fsp3) is 0.111. The number of hydrogen-bond acceptors (Lipinski definition) is 0. The molecule has 0 radical (unpaired) electrons. The highest BCUT2D eigenvalue weighted by Gasteiger charge is 1.75. The van der Waals surface area contributed by atoms with Gasteiger partial charge in [0.1, 0.15) is 0 Å². The SMILES string of the molecule is C=C/C=C(Br)/C=C\C=C\C. The molecule has 0 rings (SSSR count). The maximum atomic E-state index is 3.57. The Hall–Kier alpha value is -0.560. The highest BCUT2D eigenvalue weighted by Crippen LogP contribution is 2.05. The minimum atomic E-state index is 1.03. The topological polar surface area (TPSA) is 0 Å². The minimum absolute atomic E-state index is 1.03. The van der Waals surface area contributed by atoms with Crippen LogP contribution in [0.3, 0.4) is 0 Å². The van der Waals surface area contributed by atoms with E-state index in [2.05, 4.69) is 22.5 Å². The van der Waals surface area contributed by atoms with Crippen LogP contribution in [0.1, 0.15) is 6.92 Å². The van der Waals surface area contributed by atoms with Crippen LogP contribution < -0.4 is 0 Å². The summed E-state index contributed by atoms with van der Waals surface area (Å²) < 4.78 is 1.03. The van der Waals surface area contributed by atoms with Gasteiger partial charge in [-0.3, -0.25) is 0 Å². The zero-order valence-corrected chi connectivity index (χ0v) is 7.64. The first kappa shape index (κ1) is 9.44. The lowest BCUT2D eigenvalue weighted by Gasteiger charge is -1.81. The first-order valence-electron chi connectivity index (χ1n) is 3.09. The van der Waals surface area contributed by atoms with E-state index in [1.165, 1.54) is 0 Å². The Kier molecular flexibility index (Phi) is 6.19. The lowest BCUT2D eigenvalue weighted by atomic mass is 10.4. The number of hydrogen-bond donors (Lipinski definition) is 0. The summed E-state index contributed by atoms with van der Waals surface area (Å²) in [5.41, 5.74) is 0. The van der Waals surface area contributed by atoms with E-state index in [-0.39, 0.29) is 0 Å². The maximum Gasteiger partial charge on any atom is 0.0175 e. The van der Waals surface area contributed by atoms with Crippen LogP contribution in [0.2, 0.25) is 0 Å². The van der Waals surface area contributed by atoms with E-state index < -0.39 is 0 Å². The van der Waals surface area contributed by atoms with Crippen molar-refractivity contribution in [3.63, 3.8) is 0 Å². The molecule has 0 spiro atoms. The average Bonchev–Trinajstić information content (AvgIpc) is 1.89. The molecular weight excluding hydrogens is 188 g/mol. The van der Waals surface area contributed by atoms with Crippen molar-refractivity contribution in [1.29, 1.82) is 0 Å². The molecule has 0 saturated carbocycles. The molecule has 10 heavy (non-hydrogen) atoms. The molecule has 0 nitrogen and oxygen atoms in total. The zero-order valence-electron chi connectivity index (χ0n) is 6.05. The molecule has 54 valence electrons. The van der Waals surface area contributed by atoms with Gasteiger partial charge in [-0.1, -0.05) is 46.8 Å². The third-order valence-corrected chi connectivity index (χ3v) is 1.36. The molecule has 0 N–H and O–H groups in total. The predicted octanol–water partition coefficient (Wildman–Crippen LogP) is 3.58. The lowest BCUT2D eigenvalue weighted by molar-refractivity contribution is 1.73. The van der Waals surface area contributed by atoms with Crippen molar-refractivity contribution < 1.29 is 0 Å². The average molecular weight is 199 g/mol. The molecule has 0 aromatic rings. The highest BCUT2D eigenvalue weighted by atomic mass is 79.9. The Bertz CT molecular complexity index is 173. The van der Waals surface area contributed by atoms with Crippen LogP contribution in [-0.2, 0) is 0 Å². The van der Waals surface area contributed by atoms with Crippen molar-refractivity contribution in [2.45, 2.75) is 6.92 Å². The summed E-state index contributed by atoms with van der Waals surface area (Å²) in [6.07, 6.45) is 11.5. The molecule has 0 heterocycles. The zero-order chi connectivity index (χ0) is 7.82. The minimum Gasteiger partial charge on any atom is -0.0990 e. The summed E-state index contributed by atoms with van der Waals surface area (Å²) in [5.74, 6) is 0. The van der Waals surface area contributed by atoms with Crippen LogP contribution in [-0.4, -0.2) is 0 Å². The van der Waals surface area contributed by atoms with Gasteiger partial charge in [0, 0.05) is 4.48 Å². The molecule has 0 saturated heterocycles. The van der Waals surface area contributed by atoms with Crippen molar-refractivity contribution in [1.82, 2.24) is 0 Å². The third kappa shape index (κ3) is 5.57. The summed E-state index contributed by atoms with van der Waals surface area (Å²) in [5, 5.41) is 0. The van der Waals surface area contributed by atoms with E-state index in [1.54, 1.807) is 6.08 Å². The quantitative estimate of drug-likeness (QED) is 0.609. The van der Waals surface area contributed by atoms with Gasteiger partial charge in [-0.2, -0.15) is 0 Å². The summed E-state index contributed by atoms with van der Waals surface area (Å²) >= 11 is 3.34. The Labute approximate surface area is 70.8 Å². The largest absolute Gasteiger partial charge is 0.0990 e. The van der Waals surface area contributed by atoms with Crippen LogP contribution >= 0.6 is 15.9 Å². The van der Waals surface area contributed by atoms with E-state index >= 15 is 0 Å². The summed E-state index contributed by atoms with van der Waals surface area (Å²) in [6, 6.07) is 0. The van der Waals surface area contributed by atoms with Crippen LogP contribution in [0.25, 0.3) is 0 Å². The van der Waals surface area contributed by atoms with Crippen molar-refractivity contribution in [3.8, 4) is 0 Å². The summed E-state index contributed by atoms with van der Waals surface area (Å²) in [4.78, 5) is 0. The van der Waals surface area contributed by atoms with Gasteiger partial charge in [-0.15, -0.1) is 0 Å². The van der Waals surface area contributed by atoms with Crippen molar-refractivity contribution in [2.75, 3.05) is 0 Å². The normalized spacial score (nSPS) is 13.2. The maximum absolute atomic E-state index is 3.57. The summed E-state index contributed by atoms with van der Waals surface area (Å²) in [6.45, 7) is 5.55. The predicted molar refractivity (Wildman–Crippen MR) is 51.2 cm³/mol. The highest BCUT2D eigenvalue weighted by molar-refractivity contribution is 9.11. The second-order valence-electron chi connectivity index (χ2n) is 1.67. The molecule has 0 unspecified atom stereocenters. The molecule has 0 atom stereocenters. The van der Waals surface area contributed by atoms with Crippen LogP contribution in [0.5, 0.6) is 0 Å². The molecule has 0 aliphatic carbocycles. The standard InChI is InChI=1S/C9H11Br/c1-3-5-6-8-9(10)7-4-2/h3-8H,2H2,1H3/b5-3+,8-6-,9-7-. The van der Waals surface area contributed by atoms with Crippen LogP contribution in [0, 0.1) is 0 Å². The van der Waals surface area contributed by atoms with Crippen molar-refractivity contribution in [2.24, 2.45) is 0 Å². The molecular formula is C9H11Br. The lowest BCUT2D eigenvalue weighted by Crippen LogP contribution is -1.57. The Morgan fingerprint density at radius 1 is 1.40 bits per heavy atom. The second kappa shape index (κ2) is 6.56. The molecule has 0 aromatic carbocycles. The van der Waals surface area contributed by atoms with Gasteiger partial charge in [-0.05, 0) is 19.1 Å². The molecule has 0 fully saturated rings. The van der Waals surface area contributed by atoms with E-state index in [0.717, 1.165) is 4.48 Å². The Morgan fingerprint density at radius 3 is 2.60 bits per heavy atom. The van der Waals surface area contributed by atoms with Gasteiger partial charge in [0.2, 0.25) is 0 Å². The van der Waals surface area contributed by atoms with Gasteiger partial charge in [0.25, 0.3) is 0 Å². The van der Waals surface area contributed by atoms with Crippen LogP contribution in [0.4, 0.5) is 0 Å². The smallest absolute Gasteiger partial charge is 0.0175 e. The monoisotopic (exact) mass is 198 g/mol. The van der Waals surface area contributed by atoms with Crippen LogP contribution in [0.15, 0.2) is 47.5 Å². The van der Waals surface area contributed by atoms with Gasteiger partial charge < -0.3 is 0 Å². The van der Waals surface area contributed by atoms with Gasteiger partial charge in [0.05, 0.1) is 0 Å². The van der Waals surface area contributed by atoms with E-state index in [4.69, 9.17) is 0 Å². The second-order valence-corrected chi connectivity index (χ2v) is 2.59. The fourth-order valence-corrected chi connectivity index (χ4v) is 0.766. The number of allylic oxidation sites excluding steroid dienone is 7. The molecule has 0 amide bonds. The number of rotatable bonds is 3. The molecule has 0 aliphatic heterocycles. The van der Waals surface area contributed by atoms with E-state index in [0.29, 0.717) is 0 Å². The van der Waals surface area contributed by atoms with Gasteiger partial charge in [0.15, 0.2) is 0 Å². The first-order chi connectivity index (χ1) is 4.81. The van der Waals surface area contributed by atoms with E-state index in [9.17, 15) is 0 Å².